The second-order valence-corrected chi connectivity index (χ2v) is 7.58. The SMILES string of the molecule is N#CCCCCCCNC(=O)N(CCCCCCC#N)C(=O)NCCCCCCC#N. The molecule has 8 heteroatoms. The molecule has 172 valence electrons. The Kier molecular flexibility index (Phi) is 19.9. The highest BCUT2D eigenvalue weighted by atomic mass is 16.2. The highest BCUT2D eigenvalue weighted by Crippen LogP contribution is 2.06. The Bertz CT molecular complexity index is 563. The smallest absolute Gasteiger partial charge is 0.325 e. The van der Waals surface area contributed by atoms with Gasteiger partial charge in [0.05, 0.1) is 18.2 Å². The molecule has 0 saturated heterocycles. The standard InChI is InChI=1S/C23H38N6O2/c24-16-10-4-1-7-13-19-27-22(30)29(21-15-9-3-6-12-18-26)23(31)28-20-14-8-2-5-11-17-25/h1-15,19-21H2,(H,27,30)(H,28,31). The number of amides is 4. The molecule has 0 aliphatic rings. The van der Waals surface area contributed by atoms with Crippen LogP contribution >= 0.6 is 0 Å². The van der Waals surface area contributed by atoms with E-state index < -0.39 is 0 Å². The van der Waals surface area contributed by atoms with Gasteiger partial charge in [-0.15, -0.1) is 0 Å². The first kappa shape index (κ1) is 28.2. The third-order valence-electron chi connectivity index (χ3n) is 4.89. The first-order valence-corrected chi connectivity index (χ1v) is 11.6. The molecule has 0 fully saturated rings. The average Bonchev–Trinajstić information content (AvgIpc) is 2.77. The molecule has 0 atom stereocenters. The zero-order chi connectivity index (χ0) is 23.0. The third kappa shape index (κ3) is 17.8. The number of nitriles is 3. The van der Waals surface area contributed by atoms with Gasteiger partial charge in [0.1, 0.15) is 0 Å². The predicted molar refractivity (Wildman–Crippen MR) is 120 cm³/mol. The lowest BCUT2D eigenvalue weighted by atomic mass is 10.1. The van der Waals surface area contributed by atoms with E-state index >= 15 is 0 Å². The number of nitrogens with zero attached hydrogens (tertiary/aromatic N) is 4. The summed E-state index contributed by atoms with van der Waals surface area (Å²) in [5.74, 6) is 0. The molecule has 0 heterocycles. The summed E-state index contributed by atoms with van der Waals surface area (Å²) in [5, 5.41) is 31.3. The van der Waals surface area contributed by atoms with Crippen LogP contribution in [0, 0.1) is 34.0 Å². The lowest BCUT2D eigenvalue weighted by molar-refractivity contribution is 0.184. The van der Waals surface area contributed by atoms with Crippen molar-refractivity contribution in [1.82, 2.24) is 15.5 Å². The van der Waals surface area contributed by atoms with Gasteiger partial charge in [-0.2, -0.15) is 15.8 Å². The van der Waals surface area contributed by atoms with E-state index in [4.69, 9.17) is 15.8 Å². The van der Waals surface area contributed by atoms with Crippen LogP contribution in [0.3, 0.4) is 0 Å². The molecule has 0 aliphatic heterocycles. The maximum Gasteiger partial charge on any atom is 0.325 e. The van der Waals surface area contributed by atoms with E-state index in [1.165, 1.54) is 4.90 Å². The van der Waals surface area contributed by atoms with E-state index in [0.717, 1.165) is 70.6 Å². The van der Waals surface area contributed by atoms with E-state index in [0.29, 0.717) is 45.3 Å². The van der Waals surface area contributed by atoms with Gasteiger partial charge < -0.3 is 10.6 Å². The number of carbonyl (C=O) groups is 2. The van der Waals surface area contributed by atoms with Gasteiger partial charge in [-0.25, -0.2) is 14.5 Å². The summed E-state index contributed by atoms with van der Waals surface area (Å²) in [4.78, 5) is 26.3. The molecule has 4 amide bonds. The Morgan fingerprint density at radius 1 is 0.548 bits per heavy atom. The van der Waals surface area contributed by atoms with Crippen LogP contribution in [0.5, 0.6) is 0 Å². The van der Waals surface area contributed by atoms with Gasteiger partial charge in [0, 0.05) is 38.9 Å². The van der Waals surface area contributed by atoms with Crippen molar-refractivity contribution in [2.75, 3.05) is 19.6 Å². The number of imide groups is 1. The van der Waals surface area contributed by atoms with Gasteiger partial charge >= 0.3 is 12.1 Å². The molecule has 0 unspecified atom stereocenters. The molecule has 0 aromatic carbocycles. The monoisotopic (exact) mass is 430 g/mol. The summed E-state index contributed by atoms with van der Waals surface area (Å²) < 4.78 is 0. The first-order valence-electron chi connectivity index (χ1n) is 11.6. The molecule has 0 saturated carbocycles. The van der Waals surface area contributed by atoms with Gasteiger partial charge in [-0.1, -0.05) is 38.5 Å². The molecule has 0 bridgehead atoms. The van der Waals surface area contributed by atoms with Crippen LogP contribution in [-0.4, -0.2) is 36.6 Å². The van der Waals surface area contributed by atoms with Gasteiger partial charge in [0.2, 0.25) is 0 Å². The minimum atomic E-state index is -0.374. The van der Waals surface area contributed by atoms with Crippen molar-refractivity contribution >= 4 is 12.1 Å². The molecule has 0 aromatic heterocycles. The predicted octanol–water partition coefficient (Wildman–Crippen LogP) is 5.13. The molecule has 8 nitrogen and oxygen atoms in total. The second kappa shape index (κ2) is 21.9. The maximum atomic E-state index is 12.5. The van der Waals surface area contributed by atoms with Crippen molar-refractivity contribution < 1.29 is 9.59 Å². The Hall–Kier alpha value is -2.79. The van der Waals surface area contributed by atoms with Crippen LogP contribution in [0.15, 0.2) is 0 Å². The summed E-state index contributed by atoms with van der Waals surface area (Å²) in [6.07, 6.45) is 12.2. The molecule has 0 aromatic rings. The van der Waals surface area contributed by atoms with E-state index in [-0.39, 0.29) is 12.1 Å². The molecule has 0 rings (SSSR count). The van der Waals surface area contributed by atoms with E-state index in [2.05, 4.69) is 28.8 Å². The Labute approximate surface area is 187 Å². The Morgan fingerprint density at radius 2 is 0.903 bits per heavy atom. The lowest BCUT2D eigenvalue weighted by Gasteiger charge is -2.22. The average molecular weight is 431 g/mol. The molecule has 31 heavy (non-hydrogen) atoms. The van der Waals surface area contributed by atoms with Gasteiger partial charge in [-0.3, -0.25) is 0 Å². The van der Waals surface area contributed by atoms with Gasteiger partial charge in [0.15, 0.2) is 0 Å². The van der Waals surface area contributed by atoms with Crippen molar-refractivity contribution in [3.8, 4) is 18.2 Å². The normalized spacial score (nSPS) is 9.84. The lowest BCUT2D eigenvalue weighted by Crippen LogP contribution is -2.49. The van der Waals surface area contributed by atoms with Crippen molar-refractivity contribution in [1.29, 1.82) is 15.8 Å². The largest absolute Gasteiger partial charge is 0.338 e. The third-order valence-corrected chi connectivity index (χ3v) is 4.89. The molecule has 0 radical (unpaired) electrons. The van der Waals surface area contributed by atoms with E-state index in [9.17, 15) is 9.59 Å². The minimum Gasteiger partial charge on any atom is -0.338 e. The zero-order valence-electron chi connectivity index (χ0n) is 18.8. The maximum absolute atomic E-state index is 12.5. The number of urea groups is 2. The summed E-state index contributed by atoms with van der Waals surface area (Å²) in [6.45, 7) is 1.38. The Balaban J connectivity index is 4.30. The fourth-order valence-corrected chi connectivity index (χ4v) is 3.07. The number of hydrogen-bond acceptors (Lipinski definition) is 5. The number of unbranched alkanes of at least 4 members (excludes halogenated alkanes) is 12. The van der Waals surface area contributed by atoms with Gasteiger partial charge in [-0.05, 0) is 38.5 Å². The minimum absolute atomic E-state index is 0.356. The van der Waals surface area contributed by atoms with Crippen LogP contribution in [0.1, 0.15) is 96.3 Å². The van der Waals surface area contributed by atoms with Crippen molar-refractivity contribution in [3.05, 3.63) is 0 Å². The topological polar surface area (TPSA) is 133 Å². The summed E-state index contributed by atoms with van der Waals surface area (Å²) >= 11 is 0. The number of carbonyl (C=O) groups excluding carboxylic acids is 2. The molecule has 2 N–H and O–H groups in total. The summed E-state index contributed by atoms with van der Waals surface area (Å²) in [7, 11) is 0. The highest BCUT2D eigenvalue weighted by molar-refractivity contribution is 5.93. The van der Waals surface area contributed by atoms with Gasteiger partial charge in [0.25, 0.3) is 0 Å². The fraction of sp³-hybridized carbons (Fsp3) is 0.783. The van der Waals surface area contributed by atoms with Crippen molar-refractivity contribution in [3.63, 3.8) is 0 Å². The molecule has 0 aliphatic carbocycles. The van der Waals surface area contributed by atoms with Crippen molar-refractivity contribution in [2.45, 2.75) is 96.3 Å². The van der Waals surface area contributed by atoms with Crippen LogP contribution < -0.4 is 10.6 Å². The molecule has 0 spiro atoms. The number of hydrogen-bond donors (Lipinski definition) is 2. The first-order chi connectivity index (χ1) is 15.2. The number of rotatable bonds is 18. The molecular formula is C23H38N6O2. The highest BCUT2D eigenvalue weighted by Gasteiger charge is 2.20. The summed E-state index contributed by atoms with van der Waals surface area (Å²) in [6, 6.07) is 5.62. The van der Waals surface area contributed by atoms with Crippen molar-refractivity contribution in [2.24, 2.45) is 0 Å². The second-order valence-electron chi connectivity index (χ2n) is 7.58. The fourth-order valence-electron chi connectivity index (χ4n) is 3.07. The van der Waals surface area contributed by atoms with Crippen LogP contribution in [0.2, 0.25) is 0 Å². The number of nitrogens with one attached hydrogen (secondary N) is 2. The van der Waals surface area contributed by atoms with Crippen LogP contribution in [-0.2, 0) is 0 Å². The zero-order valence-corrected chi connectivity index (χ0v) is 18.8. The quantitative estimate of drug-likeness (QED) is 0.291. The van der Waals surface area contributed by atoms with E-state index in [1.807, 2.05) is 0 Å². The summed E-state index contributed by atoms with van der Waals surface area (Å²) in [5.41, 5.74) is 0. The van der Waals surface area contributed by atoms with Crippen LogP contribution in [0.4, 0.5) is 9.59 Å². The van der Waals surface area contributed by atoms with E-state index in [1.54, 1.807) is 0 Å². The Morgan fingerprint density at radius 3 is 1.29 bits per heavy atom. The molecular weight excluding hydrogens is 392 g/mol. The van der Waals surface area contributed by atoms with Crippen LogP contribution in [0.25, 0.3) is 0 Å².